The van der Waals surface area contributed by atoms with Crippen molar-refractivity contribution in [3.05, 3.63) is 424 Å². The summed E-state index contributed by atoms with van der Waals surface area (Å²) in [6, 6.07) is 156. The van der Waals surface area contributed by atoms with E-state index in [-0.39, 0.29) is 0 Å². The Balaban J connectivity index is 0.992. The van der Waals surface area contributed by atoms with Gasteiger partial charge < -0.3 is 0 Å². The summed E-state index contributed by atoms with van der Waals surface area (Å²) < 4.78 is 0. The molecule has 0 atom stereocenters. The van der Waals surface area contributed by atoms with Crippen LogP contribution in [0.25, 0.3) is 219 Å². The largest absolute Gasteiger partial charge is 0.0622 e. The minimum absolute atomic E-state index is 0.620. The Hall–Kier alpha value is -14.3. The molecule has 0 aliphatic rings. The summed E-state index contributed by atoms with van der Waals surface area (Å²) in [6.07, 6.45) is 0.620. The van der Waals surface area contributed by atoms with Crippen molar-refractivity contribution in [1.82, 2.24) is 0 Å². The van der Waals surface area contributed by atoms with Gasteiger partial charge in [-0.3, -0.25) is 0 Å². The summed E-state index contributed by atoms with van der Waals surface area (Å²) in [5.41, 5.74) is 28.8. The quantitative estimate of drug-likeness (QED) is 0.0797. The van der Waals surface area contributed by atoms with Crippen molar-refractivity contribution in [2.75, 3.05) is 0 Å². The number of hydrogen-bond acceptors (Lipinski definition) is 0. The summed E-state index contributed by atoms with van der Waals surface area (Å²) in [5, 5.41) is 22.1. The van der Waals surface area contributed by atoms with Crippen LogP contribution in [-0.4, -0.2) is 0 Å². The Labute approximate surface area is 645 Å². The molecule has 0 heteroatoms. The zero-order valence-corrected chi connectivity index (χ0v) is 61.0. The number of rotatable bonds is 13. The average Bonchev–Trinajstić information content (AvgIpc) is 0.673. The van der Waals surface area contributed by atoms with Crippen molar-refractivity contribution < 1.29 is 0 Å². The van der Waals surface area contributed by atoms with Crippen molar-refractivity contribution >= 4 is 97.0 Å². The van der Waals surface area contributed by atoms with E-state index < -0.39 is 0 Å². The summed E-state index contributed by atoms with van der Waals surface area (Å²) in [5.74, 6) is 0. The van der Waals surface area contributed by atoms with E-state index in [4.69, 9.17) is 0 Å². The molecule has 0 fully saturated rings. The highest BCUT2D eigenvalue weighted by Gasteiger charge is 2.32. The third-order valence-electron chi connectivity index (χ3n) is 23.8. The van der Waals surface area contributed by atoms with Crippen LogP contribution >= 0.6 is 0 Å². The Morgan fingerprint density at radius 3 is 0.775 bits per heavy atom. The Bertz CT molecular complexity index is 7380. The van der Waals surface area contributed by atoms with E-state index in [0.717, 1.165) is 0 Å². The van der Waals surface area contributed by atoms with Crippen LogP contribution in [0.1, 0.15) is 11.1 Å². The van der Waals surface area contributed by atoms with Gasteiger partial charge in [-0.25, -0.2) is 0 Å². The molecule has 0 unspecified atom stereocenters. The zero-order chi connectivity index (χ0) is 73.0. The van der Waals surface area contributed by atoms with Gasteiger partial charge in [-0.05, 0) is 273 Å². The topological polar surface area (TPSA) is 0 Å². The molecule has 514 valence electrons. The molecule has 0 N–H and O–H groups in total. The fraction of sp³-hybridized carbons (Fsp3) is 0.00901. The average molecular weight is 1400 g/mol. The molecule has 0 heterocycles. The van der Waals surface area contributed by atoms with Crippen molar-refractivity contribution in [1.29, 1.82) is 0 Å². The van der Waals surface area contributed by atoms with Crippen molar-refractivity contribution in [3.8, 4) is 122 Å². The third kappa shape index (κ3) is 10.3. The highest BCUT2D eigenvalue weighted by Crippen LogP contribution is 2.59. The van der Waals surface area contributed by atoms with Gasteiger partial charge in [0.2, 0.25) is 0 Å². The summed E-state index contributed by atoms with van der Waals surface area (Å²) in [6.45, 7) is 0. The number of benzene rings is 22. The molecule has 0 radical (unpaired) electrons. The van der Waals surface area contributed by atoms with E-state index in [1.165, 1.54) is 230 Å². The second-order valence-electron chi connectivity index (χ2n) is 29.8. The summed E-state index contributed by atoms with van der Waals surface area (Å²) in [7, 11) is 0. The van der Waals surface area contributed by atoms with Crippen LogP contribution in [0, 0.1) is 0 Å². The van der Waals surface area contributed by atoms with E-state index in [1.807, 2.05) is 0 Å². The van der Waals surface area contributed by atoms with Gasteiger partial charge in [-0.2, -0.15) is 0 Å². The van der Waals surface area contributed by atoms with Crippen molar-refractivity contribution in [3.63, 3.8) is 0 Å². The molecule has 22 aromatic carbocycles. The second kappa shape index (κ2) is 26.3. The van der Waals surface area contributed by atoms with Crippen molar-refractivity contribution in [2.24, 2.45) is 0 Å². The monoisotopic (exact) mass is 1400 g/mol. The second-order valence-corrected chi connectivity index (χ2v) is 29.8. The molecular formula is C111H70. The first-order valence-electron chi connectivity index (χ1n) is 38.8. The number of hydrogen-bond donors (Lipinski definition) is 0. The van der Waals surface area contributed by atoms with Gasteiger partial charge in [0.1, 0.15) is 0 Å². The zero-order valence-electron chi connectivity index (χ0n) is 61.0. The predicted octanol–water partition coefficient (Wildman–Crippen LogP) is 30.9. The third-order valence-corrected chi connectivity index (χ3v) is 23.8. The standard InChI is InChI=1S/C111H70/c1-9-35-70(36-10-1)91-63-78(103(74-43-17-5-18-44-74)83-55-29-25-51-79(83)91)64-95-87-59-33-60-88-97(99-66-93(72-39-13-3-14-40-72)81-53-27-31-57-85(81)105(99)76-47-21-7-22-48-76)69-102-107(101-67-94(73-41-15-4-16-42-73)82-54-28-32-58-86(82)106(101)77-49-23-8-24-50-77)90-62-34-61-89-96(68-100(95)110(109(89)90)111(102)108(87)88)98-65-92(71-37-11-2-12-38-71)80-52-26-30-56-84(80)104(98)75-45-19-6-20-46-75/h1-63,65-69H,64H2. The van der Waals surface area contributed by atoms with E-state index >= 15 is 0 Å². The molecule has 0 aromatic heterocycles. The molecule has 0 amide bonds. The maximum Gasteiger partial charge on any atom is -0.000682 e. The van der Waals surface area contributed by atoms with E-state index in [1.54, 1.807) is 0 Å². The molecule has 0 bridgehead atoms. The molecular weight excluding hydrogens is 1330 g/mol. The van der Waals surface area contributed by atoms with Crippen LogP contribution in [0.3, 0.4) is 0 Å². The molecule has 22 aromatic rings. The highest BCUT2D eigenvalue weighted by atomic mass is 14.3. The maximum atomic E-state index is 2.66. The van der Waals surface area contributed by atoms with Gasteiger partial charge in [0.15, 0.2) is 0 Å². The molecule has 0 nitrogen and oxygen atoms in total. The van der Waals surface area contributed by atoms with Crippen LogP contribution in [0.15, 0.2) is 413 Å². The molecule has 22 rings (SSSR count). The first-order valence-corrected chi connectivity index (χ1v) is 38.8. The predicted molar refractivity (Wildman–Crippen MR) is 475 cm³/mol. The number of fused-ring (bicyclic) bond motifs is 4. The maximum absolute atomic E-state index is 2.66. The summed E-state index contributed by atoms with van der Waals surface area (Å²) in [4.78, 5) is 0. The fourth-order valence-corrected chi connectivity index (χ4v) is 19.2. The molecule has 0 saturated carbocycles. The lowest BCUT2D eigenvalue weighted by Gasteiger charge is -2.28. The smallest absolute Gasteiger partial charge is 0.000682 e. The molecule has 0 aliphatic heterocycles. The molecule has 0 saturated heterocycles. The normalized spacial score (nSPS) is 11.8. The van der Waals surface area contributed by atoms with Crippen LogP contribution in [0.2, 0.25) is 0 Å². The first kappa shape index (κ1) is 63.9. The fourth-order valence-electron chi connectivity index (χ4n) is 19.2. The molecule has 0 spiro atoms. The molecule has 0 aliphatic carbocycles. The van der Waals surface area contributed by atoms with Crippen molar-refractivity contribution in [2.45, 2.75) is 6.42 Å². The SMILES string of the molecule is c1ccc(-c2cc(Cc3c4cccc5c(-c6cc(-c7ccccc7)c7ccccc7c6-c6ccccc6)cc6c(-c7cc(-c8ccccc8)c8ccccc8c7-c7ccccc7)c7cccc8c(-c9cc(-c%10ccccc%10)c%10ccccc%10c9-c9ccccc9)cc3c(c87)c6c54)c(-c3ccccc3)c3ccccc23)cc1. The van der Waals surface area contributed by atoms with E-state index in [0.29, 0.717) is 6.42 Å². The van der Waals surface area contributed by atoms with Gasteiger partial charge >= 0.3 is 0 Å². The lowest BCUT2D eigenvalue weighted by atomic mass is 9.74. The minimum Gasteiger partial charge on any atom is -0.0622 e. The van der Waals surface area contributed by atoms with E-state index in [9.17, 15) is 0 Å². The summed E-state index contributed by atoms with van der Waals surface area (Å²) >= 11 is 0. The highest BCUT2D eigenvalue weighted by molar-refractivity contribution is 6.44. The van der Waals surface area contributed by atoms with Gasteiger partial charge in [0.05, 0.1) is 0 Å². The molecule has 111 heavy (non-hydrogen) atoms. The van der Waals surface area contributed by atoms with Crippen LogP contribution in [0.4, 0.5) is 0 Å². The Morgan fingerprint density at radius 1 is 0.126 bits per heavy atom. The van der Waals surface area contributed by atoms with Crippen LogP contribution in [-0.2, 0) is 6.42 Å². The minimum atomic E-state index is 0.620. The Morgan fingerprint density at radius 2 is 0.387 bits per heavy atom. The van der Waals surface area contributed by atoms with Gasteiger partial charge in [-0.1, -0.05) is 376 Å². The van der Waals surface area contributed by atoms with Crippen LogP contribution < -0.4 is 0 Å². The lowest BCUT2D eigenvalue weighted by molar-refractivity contribution is 1.24. The van der Waals surface area contributed by atoms with Gasteiger partial charge in [0.25, 0.3) is 0 Å². The van der Waals surface area contributed by atoms with Crippen LogP contribution in [0.5, 0.6) is 0 Å². The van der Waals surface area contributed by atoms with Gasteiger partial charge in [-0.15, -0.1) is 0 Å². The lowest BCUT2D eigenvalue weighted by Crippen LogP contribution is -2.03. The van der Waals surface area contributed by atoms with E-state index in [2.05, 4.69) is 413 Å². The van der Waals surface area contributed by atoms with Gasteiger partial charge in [0, 0.05) is 0 Å². The first-order chi connectivity index (χ1) is 55.1. The Kier molecular flexibility index (Phi) is 15.1.